The van der Waals surface area contributed by atoms with Crippen LogP contribution in [0.4, 0.5) is 0 Å². The van der Waals surface area contributed by atoms with Gasteiger partial charge in [-0.25, -0.2) is 0 Å². The summed E-state index contributed by atoms with van der Waals surface area (Å²) in [7, 11) is 2.43. The predicted molar refractivity (Wildman–Crippen MR) is 96.3 cm³/mol. The van der Waals surface area contributed by atoms with Gasteiger partial charge in [0, 0.05) is 29.7 Å². The number of aromatic nitrogens is 1. The van der Waals surface area contributed by atoms with Gasteiger partial charge in [-0.15, -0.1) is 0 Å². The summed E-state index contributed by atoms with van der Waals surface area (Å²) in [5, 5.41) is 4.07. The molecule has 0 radical (unpaired) electrons. The number of nitrogens with zero attached hydrogens (tertiary/aromatic N) is 2. The van der Waals surface area contributed by atoms with Crippen molar-refractivity contribution in [2.75, 3.05) is 26.7 Å². The molecule has 2 nitrogen and oxygen atoms in total. The van der Waals surface area contributed by atoms with Gasteiger partial charge in [-0.3, -0.25) is 0 Å². The van der Waals surface area contributed by atoms with E-state index in [4.69, 9.17) is 0 Å². The molecule has 0 N–H and O–H groups in total. The SMILES string of the molecule is C[N+]1(CCC[n+]2cc3ccccc3c3ccccc32)CCCC1. The van der Waals surface area contributed by atoms with Crippen LogP contribution in [0.25, 0.3) is 21.7 Å². The van der Waals surface area contributed by atoms with Gasteiger partial charge in [-0.1, -0.05) is 30.3 Å². The molecule has 118 valence electrons. The fraction of sp³-hybridized carbons (Fsp3) is 0.381. The first kappa shape index (κ1) is 14.6. The van der Waals surface area contributed by atoms with Crippen LogP contribution in [0.5, 0.6) is 0 Å². The minimum Gasteiger partial charge on any atom is -0.326 e. The summed E-state index contributed by atoms with van der Waals surface area (Å²) < 4.78 is 3.73. The van der Waals surface area contributed by atoms with Crippen LogP contribution < -0.4 is 4.57 Å². The van der Waals surface area contributed by atoms with E-state index in [9.17, 15) is 0 Å². The number of rotatable bonds is 4. The summed E-state index contributed by atoms with van der Waals surface area (Å²) in [6.45, 7) is 5.14. The predicted octanol–water partition coefficient (Wildman–Crippen LogP) is 3.91. The van der Waals surface area contributed by atoms with Gasteiger partial charge < -0.3 is 4.48 Å². The molecule has 2 heterocycles. The number of hydrogen-bond donors (Lipinski definition) is 0. The summed E-state index contributed by atoms with van der Waals surface area (Å²) in [6.07, 6.45) is 6.40. The molecule has 2 aromatic carbocycles. The lowest BCUT2D eigenvalue weighted by Gasteiger charge is -2.28. The summed E-state index contributed by atoms with van der Waals surface area (Å²) in [6, 6.07) is 17.6. The van der Waals surface area contributed by atoms with Crippen molar-refractivity contribution in [3.8, 4) is 0 Å². The molecule has 0 aliphatic carbocycles. The lowest BCUT2D eigenvalue weighted by Crippen LogP contribution is -2.44. The second-order valence-corrected chi connectivity index (χ2v) is 7.28. The molecule has 1 aliphatic heterocycles. The molecule has 0 atom stereocenters. The third kappa shape index (κ3) is 2.84. The van der Waals surface area contributed by atoms with Gasteiger partial charge in [0.15, 0.2) is 12.7 Å². The average molecular weight is 306 g/mol. The second kappa shape index (κ2) is 5.93. The largest absolute Gasteiger partial charge is 0.326 e. The minimum absolute atomic E-state index is 1.11. The summed E-state index contributed by atoms with van der Waals surface area (Å²) in [5.41, 5.74) is 1.36. The Balaban J connectivity index is 1.65. The van der Waals surface area contributed by atoms with Crippen molar-refractivity contribution in [2.24, 2.45) is 0 Å². The van der Waals surface area contributed by atoms with Crippen LogP contribution in [0, 0.1) is 0 Å². The molecule has 0 amide bonds. The lowest BCUT2D eigenvalue weighted by molar-refractivity contribution is -0.899. The average Bonchev–Trinajstić information content (AvgIpc) is 3.02. The standard InChI is InChI=1S/C21H26N2/c1-23(14-6-7-15-23)16-8-13-22-17-18-9-2-3-10-19(18)20-11-4-5-12-21(20)22/h2-5,9-12,17H,6-8,13-16H2,1H3/q+2. The van der Waals surface area contributed by atoms with Crippen LogP contribution in [0.3, 0.4) is 0 Å². The maximum Gasteiger partial charge on any atom is 0.213 e. The molecule has 0 spiro atoms. The van der Waals surface area contributed by atoms with Gasteiger partial charge in [0.1, 0.15) is 0 Å². The van der Waals surface area contributed by atoms with Crippen molar-refractivity contribution < 1.29 is 9.05 Å². The van der Waals surface area contributed by atoms with E-state index in [1.807, 2.05) is 0 Å². The van der Waals surface area contributed by atoms with Crippen LogP contribution >= 0.6 is 0 Å². The first-order chi connectivity index (χ1) is 11.3. The van der Waals surface area contributed by atoms with Gasteiger partial charge in [0.25, 0.3) is 0 Å². The molecule has 0 bridgehead atoms. The third-order valence-electron chi connectivity index (χ3n) is 5.50. The van der Waals surface area contributed by atoms with Crippen molar-refractivity contribution >= 4 is 21.7 Å². The van der Waals surface area contributed by atoms with E-state index in [-0.39, 0.29) is 0 Å². The monoisotopic (exact) mass is 306 g/mol. The lowest BCUT2D eigenvalue weighted by atomic mass is 10.1. The van der Waals surface area contributed by atoms with Gasteiger partial charge in [0.2, 0.25) is 5.52 Å². The molecule has 1 saturated heterocycles. The molecule has 3 aromatic rings. The fourth-order valence-electron chi connectivity index (χ4n) is 4.17. The van der Waals surface area contributed by atoms with Crippen molar-refractivity contribution in [1.29, 1.82) is 0 Å². The molecule has 1 aliphatic rings. The van der Waals surface area contributed by atoms with Crippen molar-refractivity contribution in [1.82, 2.24) is 0 Å². The zero-order valence-corrected chi connectivity index (χ0v) is 14.0. The number of likely N-dealkylation sites (tertiary alicyclic amines) is 1. The van der Waals surface area contributed by atoms with E-state index in [1.54, 1.807) is 0 Å². The maximum absolute atomic E-state index is 2.46. The number of aryl methyl sites for hydroxylation is 1. The number of quaternary nitrogens is 1. The van der Waals surface area contributed by atoms with Crippen molar-refractivity contribution in [3.63, 3.8) is 0 Å². The van der Waals surface area contributed by atoms with Gasteiger partial charge in [-0.2, -0.15) is 4.57 Å². The zero-order valence-electron chi connectivity index (χ0n) is 14.0. The number of para-hydroxylation sites is 1. The molecule has 1 fully saturated rings. The highest BCUT2D eigenvalue weighted by molar-refractivity contribution is 6.03. The Hall–Kier alpha value is -1.93. The van der Waals surface area contributed by atoms with Gasteiger partial charge in [-0.05, 0) is 12.1 Å². The van der Waals surface area contributed by atoms with Crippen molar-refractivity contribution in [2.45, 2.75) is 25.8 Å². The molecular formula is C21H26N2+2. The summed E-state index contributed by atoms with van der Waals surface area (Å²) >= 11 is 0. The molecule has 2 heteroatoms. The van der Waals surface area contributed by atoms with Gasteiger partial charge in [0.05, 0.1) is 38.5 Å². The topological polar surface area (TPSA) is 3.88 Å². The molecule has 4 rings (SSSR count). The molecule has 0 saturated carbocycles. The molecular weight excluding hydrogens is 280 g/mol. The van der Waals surface area contributed by atoms with Crippen LogP contribution in [0.2, 0.25) is 0 Å². The Kier molecular flexibility index (Phi) is 3.78. The Morgan fingerprint density at radius 2 is 1.61 bits per heavy atom. The zero-order chi connectivity index (χ0) is 15.7. The van der Waals surface area contributed by atoms with E-state index in [0.29, 0.717) is 0 Å². The van der Waals surface area contributed by atoms with E-state index in [2.05, 4.69) is 66.3 Å². The fourth-order valence-corrected chi connectivity index (χ4v) is 4.17. The van der Waals surface area contributed by atoms with E-state index in [1.165, 1.54) is 65.1 Å². The Morgan fingerprint density at radius 3 is 2.43 bits per heavy atom. The van der Waals surface area contributed by atoms with E-state index in [0.717, 1.165) is 6.54 Å². The first-order valence-corrected chi connectivity index (χ1v) is 8.89. The van der Waals surface area contributed by atoms with E-state index < -0.39 is 0 Å². The number of fused-ring (bicyclic) bond motifs is 3. The minimum atomic E-state index is 1.11. The van der Waals surface area contributed by atoms with Crippen molar-refractivity contribution in [3.05, 3.63) is 54.7 Å². The number of hydrogen-bond acceptors (Lipinski definition) is 0. The van der Waals surface area contributed by atoms with Crippen LogP contribution in [0.15, 0.2) is 54.7 Å². The third-order valence-corrected chi connectivity index (χ3v) is 5.50. The number of benzene rings is 2. The Bertz CT molecular complexity index is 831. The normalized spacial score (nSPS) is 17.1. The van der Waals surface area contributed by atoms with Crippen LogP contribution in [-0.4, -0.2) is 31.2 Å². The Labute approximate surface area is 138 Å². The maximum atomic E-state index is 2.46. The van der Waals surface area contributed by atoms with Crippen LogP contribution in [-0.2, 0) is 6.54 Å². The molecule has 0 unspecified atom stereocenters. The van der Waals surface area contributed by atoms with Gasteiger partial charge >= 0.3 is 0 Å². The highest BCUT2D eigenvalue weighted by Crippen LogP contribution is 2.22. The highest BCUT2D eigenvalue weighted by Gasteiger charge is 2.26. The molecule has 23 heavy (non-hydrogen) atoms. The Morgan fingerprint density at radius 1 is 0.913 bits per heavy atom. The number of pyridine rings is 1. The second-order valence-electron chi connectivity index (χ2n) is 7.28. The smallest absolute Gasteiger partial charge is 0.213 e. The summed E-state index contributed by atoms with van der Waals surface area (Å²) in [4.78, 5) is 0. The summed E-state index contributed by atoms with van der Waals surface area (Å²) in [5.74, 6) is 0. The first-order valence-electron chi connectivity index (χ1n) is 8.89. The van der Waals surface area contributed by atoms with Crippen LogP contribution in [0.1, 0.15) is 19.3 Å². The quantitative estimate of drug-likeness (QED) is 0.391. The van der Waals surface area contributed by atoms with E-state index >= 15 is 0 Å². The molecule has 1 aromatic heterocycles. The highest BCUT2D eigenvalue weighted by atomic mass is 15.3.